The first kappa shape index (κ1) is 25.2. The van der Waals surface area contributed by atoms with E-state index in [1.165, 1.54) is 0 Å². The molecule has 0 radical (unpaired) electrons. The summed E-state index contributed by atoms with van der Waals surface area (Å²) < 4.78 is 26.9. The molecule has 0 aliphatic carbocycles. The second-order valence-corrected chi connectivity index (χ2v) is 7.12. The third kappa shape index (κ3) is 8.53. The van der Waals surface area contributed by atoms with E-state index >= 15 is 0 Å². The second-order valence-electron chi connectivity index (χ2n) is 7.12. The van der Waals surface area contributed by atoms with Crippen LogP contribution >= 0.6 is 0 Å². The summed E-state index contributed by atoms with van der Waals surface area (Å²) in [6.45, 7) is 6.66. The minimum absolute atomic E-state index is 0.152. The van der Waals surface area contributed by atoms with Crippen LogP contribution in [0.5, 0.6) is 11.5 Å². The first-order valence-electron chi connectivity index (χ1n) is 10.8. The fourth-order valence-electron chi connectivity index (χ4n) is 3.45. The molecule has 0 saturated carbocycles. The van der Waals surface area contributed by atoms with E-state index in [1.54, 1.807) is 28.4 Å². The van der Waals surface area contributed by atoms with E-state index in [2.05, 4.69) is 26.6 Å². The Labute approximate surface area is 186 Å². The molecule has 176 valence electrons. The van der Waals surface area contributed by atoms with Crippen molar-refractivity contribution in [1.29, 1.82) is 0 Å². The van der Waals surface area contributed by atoms with Crippen LogP contribution in [0.25, 0.3) is 0 Å². The van der Waals surface area contributed by atoms with E-state index < -0.39 is 0 Å². The Kier molecular flexibility index (Phi) is 12.1. The lowest BCUT2D eigenvalue weighted by Crippen LogP contribution is -2.46. The van der Waals surface area contributed by atoms with E-state index in [0.717, 1.165) is 62.3 Å². The van der Waals surface area contributed by atoms with Crippen LogP contribution in [-0.4, -0.2) is 98.4 Å². The predicted octanol–water partition coefficient (Wildman–Crippen LogP) is 1.30. The van der Waals surface area contributed by atoms with E-state index in [4.69, 9.17) is 23.7 Å². The van der Waals surface area contributed by atoms with Crippen molar-refractivity contribution < 1.29 is 23.7 Å². The number of benzene rings is 1. The predicted molar refractivity (Wildman–Crippen MR) is 121 cm³/mol. The molecular formula is C22H38N4O5. The lowest BCUT2D eigenvalue weighted by molar-refractivity contribution is 0.0169. The smallest absolute Gasteiger partial charge is 0.191 e. The third-order valence-corrected chi connectivity index (χ3v) is 5.15. The Morgan fingerprint density at radius 3 is 2.52 bits per heavy atom. The summed E-state index contributed by atoms with van der Waals surface area (Å²) in [5.74, 6) is 2.23. The number of nitrogens with zero attached hydrogens (tertiary/aromatic N) is 2. The second kappa shape index (κ2) is 14.9. The van der Waals surface area contributed by atoms with Gasteiger partial charge in [-0.05, 0) is 24.1 Å². The normalized spacial score (nSPS) is 16.1. The van der Waals surface area contributed by atoms with Gasteiger partial charge in [0.1, 0.15) is 0 Å². The maximum Gasteiger partial charge on any atom is 0.191 e. The lowest BCUT2D eigenvalue weighted by atomic mass is 10.0. The fraction of sp³-hybridized carbons (Fsp3) is 0.682. The molecule has 1 fully saturated rings. The van der Waals surface area contributed by atoms with Crippen molar-refractivity contribution in [3.8, 4) is 11.5 Å². The van der Waals surface area contributed by atoms with Gasteiger partial charge in [-0.3, -0.25) is 9.89 Å². The molecule has 1 saturated heterocycles. The van der Waals surface area contributed by atoms with Crippen molar-refractivity contribution in [3.63, 3.8) is 0 Å². The van der Waals surface area contributed by atoms with Crippen molar-refractivity contribution in [1.82, 2.24) is 15.5 Å². The van der Waals surface area contributed by atoms with Gasteiger partial charge in [-0.25, -0.2) is 0 Å². The number of aliphatic imine (C=N–C) groups is 1. The average molecular weight is 439 g/mol. The van der Waals surface area contributed by atoms with Gasteiger partial charge in [0.15, 0.2) is 17.5 Å². The van der Waals surface area contributed by atoms with Crippen molar-refractivity contribution >= 4 is 5.96 Å². The molecule has 1 aliphatic heterocycles. The van der Waals surface area contributed by atoms with E-state index in [0.29, 0.717) is 26.4 Å². The first-order valence-corrected chi connectivity index (χ1v) is 10.8. The first-order chi connectivity index (χ1) is 15.2. The largest absolute Gasteiger partial charge is 0.493 e. The number of rotatable bonds is 13. The molecule has 31 heavy (non-hydrogen) atoms. The van der Waals surface area contributed by atoms with E-state index in [9.17, 15) is 0 Å². The van der Waals surface area contributed by atoms with Crippen molar-refractivity contribution in [2.24, 2.45) is 4.99 Å². The van der Waals surface area contributed by atoms with E-state index in [-0.39, 0.29) is 6.04 Å². The standard InChI is InChI=1S/C22H38N4O5/c1-23-22(24-8-5-11-30-15-14-27-2)25-17-19(26-9-12-31-13-10-26)18-6-7-20(28-3)21(16-18)29-4/h6-7,16,19H,5,8-15,17H2,1-4H3,(H2,23,24,25). The van der Waals surface area contributed by atoms with Crippen molar-refractivity contribution in [3.05, 3.63) is 23.8 Å². The molecular weight excluding hydrogens is 400 g/mol. The molecule has 9 heteroatoms. The molecule has 9 nitrogen and oxygen atoms in total. The highest BCUT2D eigenvalue weighted by molar-refractivity contribution is 5.79. The molecule has 0 spiro atoms. The number of guanidine groups is 1. The number of hydrogen-bond donors (Lipinski definition) is 2. The van der Waals surface area contributed by atoms with Crippen LogP contribution in [0.4, 0.5) is 0 Å². The summed E-state index contributed by atoms with van der Waals surface area (Å²) in [6.07, 6.45) is 0.896. The van der Waals surface area contributed by atoms with Crippen molar-refractivity contribution in [2.75, 3.05) is 87.6 Å². The Balaban J connectivity index is 1.95. The Bertz CT molecular complexity index is 653. The summed E-state index contributed by atoms with van der Waals surface area (Å²) in [6, 6.07) is 6.25. The zero-order valence-electron chi connectivity index (χ0n) is 19.3. The molecule has 2 N–H and O–H groups in total. The summed E-state index contributed by atoms with van der Waals surface area (Å²) >= 11 is 0. The Hall–Kier alpha value is -2.07. The molecule has 2 rings (SSSR count). The van der Waals surface area contributed by atoms with Gasteiger partial charge in [0.2, 0.25) is 0 Å². The molecule has 0 bridgehead atoms. The van der Waals surface area contributed by atoms with Crippen LogP contribution in [0.1, 0.15) is 18.0 Å². The quantitative estimate of drug-likeness (QED) is 0.271. The van der Waals surface area contributed by atoms with Crippen molar-refractivity contribution in [2.45, 2.75) is 12.5 Å². The van der Waals surface area contributed by atoms with Crippen LogP contribution in [0.15, 0.2) is 23.2 Å². The van der Waals surface area contributed by atoms with Crippen LogP contribution in [0.2, 0.25) is 0 Å². The minimum atomic E-state index is 0.152. The molecule has 1 atom stereocenters. The molecule has 1 aromatic rings. The fourth-order valence-corrected chi connectivity index (χ4v) is 3.45. The summed E-state index contributed by atoms with van der Waals surface area (Å²) in [4.78, 5) is 6.78. The van der Waals surface area contributed by atoms with Gasteiger partial charge in [0.05, 0.1) is 46.7 Å². The number of nitrogens with one attached hydrogen (secondary N) is 2. The van der Waals surface area contributed by atoms with Crippen LogP contribution in [0, 0.1) is 0 Å². The van der Waals surface area contributed by atoms with Gasteiger partial charge in [0.25, 0.3) is 0 Å². The molecule has 1 heterocycles. The number of morpholine rings is 1. The third-order valence-electron chi connectivity index (χ3n) is 5.15. The van der Waals surface area contributed by atoms with Gasteiger partial charge >= 0.3 is 0 Å². The molecule has 1 unspecified atom stereocenters. The van der Waals surface area contributed by atoms with Gasteiger partial charge < -0.3 is 34.3 Å². The van der Waals surface area contributed by atoms with E-state index in [1.807, 2.05) is 12.1 Å². The molecule has 0 amide bonds. The SMILES string of the molecule is CN=C(NCCCOCCOC)NCC(c1ccc(OC)c(OC)c1)N1CCOCC1. The van der Waals surface area contributed by atoms with Crippen LogP contribution < -0.4 is 20.1 Å². The van der Waals surface area contributed by atoms with Crippen LogP contribution in [0.3, 0.4) is 0 Å². The number of methoxy groups -OCH3 is 3. The zero-order chi connectivity index (χ0) is 22.3. The molecule has 1 aliphatic rings. The highest BCUT2D eigenvalue weighted by atomic mass is 16.5. The number of hydrogen-bond acceptors (Lipinski definition) is 7. The van der Waals surface area contributed by atoms with Crippen LogP contribution in [-0.2, 0) is 14.2 Å². The maximum absolute atomic E-state index is 5.55. The summed E-state index contributed by atoms with van der Waals surface area (Å²) in [5.41, 5.74) is 1.16. The Morgan fingerprint density at radius 2 is 1.84 bits per heavy atom. The molecule has 0 aromatic heterocycles. The van der Waals surface area contributed by atoms with Gasteiger partial charge in [0, 0.05) is 46.9 Å². The monoisotopic (exact) mass is 438 g/mol. The average Bonchev–Trinajstić information content (AvgIpc) is 2.82. The van der Waals surface area contributed by atoms with Gasteiger partial charge in [-0.2, -0.15) is 0 Å². The topological polar surface area (TPSA) is 85.8 Å². The summed E-state index contributed by atoms with van der Waals surface area (Å²) in [5, 5.41) is 6.82. The summed E-state index contributed by atoms with van der Waals surface area (Å²) in [7, 11) is 6.77. The highest BCUT2D eigenvalue weighted by Crippen LogP contribution is 2.32. The maximum atomic E-state index is 5.55. The molecule has 1 aromatic carbocycles. The Morgan fingerprint density at radius 1 is 1.06 bits per heavy atom. The lowest BCUT2D eigenvalue weighted by Gasteiger charge is -2.35. The van der Waals surface area contributed by atoms with Gasteiger partial charge in [-0.1, -0.05) is 6.07 Å². The zero-order valence-corrected chi connectivity index (χ0v) is 19.3. The van der Waals surface area contributed by atoms with Gasteiger partial charge in [-0.15, -0.1) is 0 Å². The minimum Gasteiger partial charge on any atom is -0.493 e. The highest BCUT2D eigenvalue weighted by Gasteiger charge is 2.24. The number of ether oxygens (including phenoxy) is 5.